The number of hydrogen-bond donors (Lipinski definition) is 1. The van der Waals surface area contributed by atoms with E-state index in [9.17, 15) is 0 Å². The highest BCUT2D eigenvalue weighted by atomic mass is 15.1. The topological polar surface area (TPSA) is 55.6 Å². The number of hydrogen-bond acceptors (Lipinski definition) is 4. The number of rotatable bonds is 5. The van der Waals surface area contributed by atoms with Gasteiger partial charge in [-0.15, -0.1) is 0 Å². The minimum Gasteiger partial charge on any atom is -0.373 e. The highest BCUT2D eigenvalue weighted by Crippen LogP contribution is 2.09. The van der Waals surface area contributed by atoms with Crippen molar-refractivity contribution in [1.82, 2.24) is 19.5 Å². The van der Waals surface area contributed by atoms with Crippen molar-refractivity contribution in [1.29, 1.82) is 0 Å². The van der Waals surface area contributed by atoms with Crippen molar-refractivity contribution in [2.24, 2.45) is 0 Å². The quantitative estimate of drug-likeness (QED) is 0.851. The molecule has 0 bridgehead atoms. The van der Waals surface area contributed by atoms with Gasteiger partial charge < -0.3 is 9.88 Å². The lowest BCUT2D eigenvalue weighted by atomic mass is 10.2. The van der Waals surface area contributed by atoms with Gasteiger partial charge in [0.15, 0.2) is 0 Å². The van der Waals surface area contributed by atoms with Crippen LogP contribution in [-0.4, -0.2) is 26.6 Å². The van der Waals surface area contributed by atoms with Gasteiger partial charge in [0.05, 0.1) is 5.69 Å². The molecule has 0 spiro atoms. The van der Waals surface area contributed by atoms with Crippen molar-refractivity contribution in [3.63, 3.8) is 0 Å². The maximum absolute atomic E-state index is 4.37. The fourth-order valence-electron chi connectivity index (χ4n) is 1.74. The summed E-state index contributed by atoms with van der Waals surface area (Å²) in [5.74, 6) is 1.89. The van der Waals surface area contributed by atoms with E-state index in [-0.39, 0.29) is 0 Å². The molecular formula is C12H17N5. The molecule has 0 aliphatic rings. The second-order valence-corrected chi connectivity index (χ2v) is 3.86. The van der Waals surface area contributed by atoms with Gasteiger partial charge in [-0.05, 0) is 6.42 Å². The Balaban J connectivity index is 2.16. The second-order valence-electron chi connectivity index (χ2n) is 3.86. The Hall–Kier alpha value is -1.91. The van der Waals surface area contributed by atoms with Gasteiger partial charge in [0.2, 0.25) is 0 Å². The van der Waals surface area contributed by atoms with E-state index in [1.807, 2.05) is 25.5 Å². The Kier molecular flexibility index (Phi) is 3.69. The molecule has 0 radical (unpaired) electrons. The van der Waals surface area contributed by atoms with Gasteiger partial charge in [0.25, 0.3) is 0 Å². The largest absolute Gasteiger partial charge is 0.373 e. The first kappa shape index (κ1) is 11.6. The van der Waals surface area contributed by atoms with Gasteiger partial charge in [-0.2, -0.15) is 0 Å². The van der Waals surface area contributed by atoms with Crippen molar-refractivity contribution >= 4 is 5.82 Å². The minimum atomic E-state index is 0.740. The number of imidazole rings is 1. The predicted octanol–water partition coefficient (Wildman–Crippen LogP) is 1.72. The zero-order valence-corrected chi connectivity index (χ0v) is 10.2. The summed E-state index contributed by atoms with van der Waals surface area (Å²) in [7, 11) is 1.85. The molecule has 2 aromatic rings. The van der Waals surface area contributed by atoms with Crippen molar-refractivity contribution in [2.75, 3.05) is 12.4 Å². The lowest BCUT2D eigenvalue weighted by Gasteiger charge is -2.06. The molecule has 0 fully saturated rings. The molecule has 5 heteroatoms. The number of nitrogens with zero attached hydrogens (tertiary/aromatic N) is 4. The van der Waals surface area contributed by atoms with E-state index >= 15 is 0 Å². The number of nitrogens with one attached hydrogen (secondary N) is 1. The van der Waals surface area contributed by atoms with Gasteiger partial charge in [0.1, 0.15) is 18.0 Å². The minimum absolute atomic E-state index is 0.740. The third-order valence-electron chi connectivity index (χ3n) is 2.59. The van der Waals surface area contributed by atoms with Crippen molar-refractivity contribution < 1.29 is 0 Å². The van der Waals surface area contributed by atoms with E-state index in [2.05, 4.69) is 31.8 Å². The van der Waals surface area contributed by atoms with Crippen LogP contribution in [0.1, 0.15) is 24.9 Å². The molecule has 2 heterocycles. The van der Waals surface area contributed by atoms with Crippen molar-refractivity contribution in [2.45, 2.75) is 26.3 Å². The average molecular weight is 231 g/mol. The molecule has 17 heavy (non-hydrogen) atoms. The van der Waals surface area contributed by atoms with Crippen LogP contribution in [0.15, 0.2) is 24.8 Å². The molecule has 1 N–H and O–H groups in total. The van der Waals surface area contributed by atoms with Gasteiger partial charge in [0, 0.05) is 38.5 Å². The molecule has 5 nitrogen and oxygen atoms in total. The van der Waals surface area contributed by atoms with E-state index in [0.29, 0.717) is 0 Å². The lowest BCUT2D eigenvalue weighted by molar-refractivity contribution is 0.644. The normalized spacial score (nSPS) is 10.5. The van der Waals surface area contributed by atoms with E-state index < -0.39 is 0 Å². The van der Waals surface area contributed by atoms with Gasteiger partial charge in [-0.1, -0.05) is 6.92 Å². The van der Waals surface area contributed by atoms with Crippen LogP contribution in [0, 0.1) is 0 Å². The smallest absolute Gasteiger partial charge is 0.129 e. The van der Waals surface area contributed by atoms with Crippen molar-refractivity contribution in [3.05, 3.63) is 36.3 Å². The summed E-state index contributed by atoms with van der Waals surface area (Å²) in [6.07, 6.45) is 7.28. The van der Waals surface area contributed by atoms with Gasteiger partial charge in [-0.25, -0.2) is 15.0 Å². The number of anilines is 1. The molecule has 2 aromatic heterocycles. The molecule has 0 atom stereocenters. The summed E-state index contributed by atoms with van der Waals surface area (Å²) < 4.78 is 2.17. The molecule has 0 unspecified atom stereocenters. The van der Waals surface area contributed by atoms with Crippen LogP contribution in [0.3, 0.4) is 0 Å². The SMILES string of the molecule is CCCn1ccnc1Cc1cc(NC)ncn1. The number of aryl methyl sites for hydroxylation is 1. The third-order valence-corrected chi connectivity index (χ3v) is 2.59. The van der Waals surface area contributed by atoms with E-state index in [0.717, 1.165) is 36.7 Å². The highest BCUT2D eigenvalue weighted by Gasteiger charge is 2.05. The predicted molar refractivity (Wildman–Crippen MR) is 66.9 cm³/mol. The van der Waals surface area contributed by atoms with Gasteiger partial charge >= 0.3 is 0 Å². The maximum Gasteiger partial charge on any atom is 0.129 e. The van der Waals surface area contributed by atoms with E-state index in [1.165, 1.54) is 0 Å². The molecule has 2 rings (SSSR count). The fraction of sp³-hybridized carbons (Fsp3) is 0.417. The Bertz CT molecular complexity index is 477. The zero-order chi connectivity index (χ0) is 12.1. The Labute approximate surface area is 101 Å². The van der Waals surface area contributed by atoms with Gasteiger partial charge in [-0.3, -0.25) is 0 Å². The molecule has 0 saturated heterocycles. The highest BCUT2D eigenvalue weighted by molar-refractivity contribution is 5.34. The molecule has 0 aromatic carbocycles. The summed E-state index contributed by atoms with van der Waals surface area (Å²) in [5, 5.41) is 3.01. The van der Waals surface area contributed by atoms with Crippen LogP contribution < -0.4 is 5.32 Å². The van der Waals surface area contributed by atoms with Crippen LogP contribution in [-0.2, 0) is 13.0 Å². The summed E-state index contributed by atoms with van der Waals surface area (Å²) in [6.45, 7) is 3.16. The van der Waals surface area contributed by atoms with Crippen LogP contribution in [0.5, 0.6) is 0 Å². The first-order valence-electron chi connectivity index (χ1n) is 5.82. The standard InChI is InChI=1S/C12H17N5/c1-3-5-17-6-4-14-12(17)8-10-7-11(13-2)16-9-15-10/h4,6-7,9H,3,5,8H2,1-2H3,(H,13,15,16). The van der Waals surface area contributed by atoms with Crippen LogP contribution >= 0.6 is 0 Å². The summed E-state index contributed by atoms with van der Waals surface area (Å²) in [5.41, 5.74) is 0.980. The fourth-order valence-corrected chi connectivity index (χ4v) is 1.74. The molecule has 0 aliphatic carbocycles. The Morgan fingerprint density at radius 3 is 2.94 bits per heavy atom. The lowest BCUT2D eigenvalue weighted by Crippen LogP contribution is -2.05. The first-order chi connectivity index (χ1) is 8.33. The third kappa shape index (κ3) is 2.81. The van der Waals surface area contributed by atoms with E-state index in [1.54, 1.807) is 6.33 Å². The zero-order valence-electron chi connectivity index (χ0n) is 10.2. The summed E-state index contributed by atoms with van der Waals surface area (Å²) in [4.78, 5) is 12.7. The van der Waals surface area contributed by atoms with Crippen molar-refractivity contribution in [3.8, 4) is 0 Å². The molecule has 90 valence electrons. The van der Waals surface area contributed by atoms with Crippen LogP contribution in [0.25, 0.3) is 0 Å². The molecular weight excluding hydrogens is 214 g/mol. The molecule has 0 aliphatic heterocycles. The average Bonchev–Trinajstić information content (AvgIpc) is 2.78. The van der Waals surface area contributed by atoms with Crippen LogP contribution in [0.4, 0.5) is 5.82 Å². The van der Waals surface area contributed by atoms with Crippen LogP contribution in [0.2, 0.25) is 0 Å². The second kappa shape index (κ2) is 5.43. The molecule has 0 saturated carbocycles. The van der Waals surface area contributed by atoms with E-state index in [4.69, 9.17) is 0 Å². The Morgan fingerprint density at radius 2 is 2.18 bits per heavy atom. The summed E-state index contributed by atoms with van der Waals surface area (Å²) >= 11 is 0. The maximum atomic E-state index is 4.37. The Morgan fingerprint density at radius 1 is 1.29 bits per heavy atom. The monoisotopic (exact) mass is 231 g/mol. The summed E-state index contributed by atoms with van der Waals surface area (Å²) in [6, 6.07) is 1.95. The first-order valence-corrected chi connectivity index (χ1v) is 5.82. The number of aromatic nitrogens is 4. The molecule has 0 amide bonds.